The standard InChI is InChI=1S/C10H10F2O3/c1-10(4-13)5-14-8-6(11)2-3-7(12)9(8)15-10/h2-3,13H,4-5H2,1H3/t10-/m1/s1. The molecule has 1 aliphatic heterocycles. The van der Waals surface area contributed by atoms with Crippen molar-refractivity contribution < 1.29 is 23.4 Å². The van der Waals surface area contributed by atoms with Crippen LogP contribution in [0.4, 0.5) is 8.78 Å². The number of hydrogen-bond acceptors (Lipinski definition) is 3. The molecule has 0 unspecified atom stereocenters. The molecule has 0 saturated heterocycles. The number of hydrogen-bond donors (Lipinski definition) is 1. The molecule has 1 heterocycles. The van der Waals surface area contributed by atoms with Gasteiger partial charge in [-0.25, -0.2) is 8.78 Å². The first-order valence-corrected chi connectivity index (χ1v) is 4.46. The Balaban J connectivity index is 2.45. The molecular formula is C10H10F2O3. The van der Waals surface area contributed by atoms with E-state index in [1.165, 1.54) is 0 Å². The number of fused-ring (bicyclic) bond motifs is 1. The molecule has 3 nitrogen and oxygen atoms in total. The van der Waals surface area contributed by atoms with Crippen LogP contribution in [0.3, 0.4) is 0 Å². The summed E-state index contributed by atoms with van der Waals surface area (Å²) in [4.78, 5) is 0. The van der Waals surface area contributed by atoms with Gasteiger partial charge in [-0.2, -0.15) is 0 Å². The lowest BCUT2D eigenvalue weighted by Gasteiger charge is -2.34. The molecule has 0 saturated carbocycles. The van der Waals surface area contributed by atoms with Gasteiger partial charge in [0.1, 0.15) is 6.61 Å². The predicted molar refractivity (Wildman–Crippen MR) is 48.0 cm³/mol. The summed E-state index contributed by atoms with van der Waals surface area (Å²) in [5.41, 5.74) is -1.03. The van der Waals surface area contributed by atoms with Gasteiger partial charge in [0.05, 0.1) is 6.61 Å². The SMILES string of the molecule is C[C@@]1(CO)COc2c(F)ccc(F)c2O1. The maximum atomic E-state index is 13.3. The first-order valence-electron chi connectivity index (χ1n) is 4.46. The van der Waals surface area contributed by atoms with Crippen molar-refractivity contribution >= 4 is 0 Å². The maximum absolute atomic E-state index is 13.3. The van der Waals surface area contributed by atoms with Crippen LogP contribution in [0.15, 0.2) is 12.1 Å². The van der Waals surface area contributed by atoms with E-state index in [2.05, 4.69) is 0 Å². The molecule has 0 amide bonds. The van der Waals surface area contributed by atoms with E-state index in [4.69, 9.17) is 14.6 Å². The van der Waals surface area contributed by atoms with E-state index in [0.29, 0.717) is 0 Å². The molecule has 1 aromatic carbocycles. The van der Waals surface area contributed by atoms with Crippen molar-refractivity contribution in [1.29, 1.82) is 0 Å². The molecule has 1 aliphatic rings. The highest BCUT2D eigenvalue weighted by molar-refractivity contribution is 5.44. The second kappa shape index (κ2) is 3.34. The molecule has 1 N–H and O–H groups in total. The molecule has 0 aromatic heterocycles. The van der Waals surface area contributed by atoms with Gasteiger partial charge in [0.25, 0.3) is 0 Å². The van der Waals surface area contributed by atoms with Crippen LogP contribution >= 0.6 is 0 Å². The first kappa shape index (κ1) is 10.2. The van der Waals surface area contributed by atoms with Gasteiger partial charge in [-0.15, -0.1) is 0 Å². The van der Waals surface area contributed by atoms with E-state index < -0.39 is 17.2 Å². The Hall–Kier alpha value is -1.36. The molecule has 1 atom stereocenters. The van der Waals surface area contributed by atoms with Crippen LogP contribution in [0, 0.1) is 11.6 Å². The Morgan fingerprint density at radius 2 is 1.93 bits per heavy atom. The topological polar surface area (TPSA) is 38.7 Å². The second-order valence-electron chi connectivity index (χ2n) is 3.69. The average Bonchev–Trinajstić information content (AvgIpc) is 2.24. The largest absolute Gasteiger partial charge is 0.483 e. The zero-order valence-corrected chi connectivity index (χ0v) is 8.09. The fourth-order valence-corrected chi connectivity index (χ4v) is 1.32. The van der Waals surface area contributed by atoms with Crippen molar-refractivity contribution in [3.8, 4) is 11.5 Å². The number of ether oxygens (including phenoxy) is 2. The summed E-state index contributed by atoms with van der Waals surface area (Å²) in [6.45, 7) is 1.21. The maximum Gasteiger partial charge on any atom is 0.201 e. The highest BCUT2D eigenvalue weighted by atomic mass is 19.1. The fraction of sp³-hybridized carbons (Fsp3) is 0.400. The van der Waals surface area contributed by atoms with E-state index in [1.807, 2.05) is 0 Å². The lowest BCUT2D eigenvalue weighted by Crippen LogP contribution is -2.45. The molecule has 5 heteroatoms. The highest BCUT2D eigenvalue weighted by Gasteiger charge is 2.35. The molecule has 2 rings (SSSR count). The van der Waals surface area contributed by atoms with Crippen LogP contribution in [0.1, 0.15) is 6.92 Å². The normalized spacial score (nSPS) is 24.0. The summed E-state index contributed by atoms with van der Waals surface area (Å²) < 4.78 is 36.7. The predicted octanol–water partition coefficient (Wildman–Crippen LogP) is 1.49. The van der Waals surface area contributed by atoms with Crippen molar-refractivity contribution in [3.05, 3.63) is 23.8 Å². The Bertz CT molecular complexity index is 394. The smallest absolute Gasteiger partial charge is 0.201 e. The summed E-state index contributed by atoms with van der Waals surface area (Å²) in [6.07, 6.45) is 0. The third-order valence-electron chi connectivity index (χ3n) is 2.22. The summed E-state index contributed by atoms with van der Waals surface area (Å²) >= 11 is 0. The number of aliphatic hydroxyl groups is 1. The number of rotatable bonds is 1. The molecule has 0 spiro atoms. The molecule has 1 aromatic rings. The van der Waals surface area contributed by atoms with Crippen molar-refractivity contribution in [2.45, 2.75) is 12.5 Å². The van der Waals surface area contributed by atoms with Crippen molar-refractivity contribution in [2.24, 2.45) is 0 Å². The number of benzene rings is 1. The van der Waals surface area contributed by atoms with E-state index >= 15 is 0 Å². The molecular weight excluding hydrogens is 206 g/mol. The van der Waals surface area contributed by atoms with Crippen LogP contribution in [0.2, 0.25) is 0 Å². The molecule has 82 valence electrons. The minimum Gasteiger partial charge on any atom is -0.483 e. The Morgan fingerprint density at radius 1 is 1.33 bits per heavy atom. The van der Waals surface area contributed by atoms with Gasteiger partial charge < -0.3 is 14.6 Å². The summed E-state index contributed by atoms with van der Waals surface area (Å²) in [5.74, 6) is -1.89. The van der Waals surface area contributed by atoms with Crippen LogP contribution in [0.5, 0.6) is 11.5 Å². The van der Waals surface area contributed by atoms with Crippen LogP contribution in [0.25, 0.3) is 0 Å². The third-order valence-corrected chi connectivity index (χ3v) is 2.22. The van der Waals surface area contributed by atoms with Crippen molar-refractivity contribution in [2.75, 3.05) is 13.2 Å². The van der Waals surface area contributed by atoms with Gasteiger partial charge >= 0.3 is 0 Å². The van der Waals surface area contributed by atoms with Gasteiger partial charge in [-0.1, -0.05) is 0 Å². The average molecular weight is 216 g/mol. The Kier molecular flexibility index (Phi) is 2.26. The van der Waals surface area contributed by atoms with Crippen molar-refractivity contribution in [3.63, 3.8) is 0 Å². The van der Waals surface area contributed by atoms with Crippen LogP contribution < -0.4 is 9.47 Å². The van der Waals surface area contributed by atoms with Gasteiger partial charge in [0.15, 0.2) is 23.0 Å². The monoisotopic (exact) mass is 216 g/mol. The van der Waals surface area contributed by atoms with Gasteiger partial charge in [0, 0.05) is 0 Å². The van der Waals surface area contributed by atoms with Gasteiger partial charge in [-0.05, 0) is 19.1 Å². The van der Waals surface area contributed by atoms with E-state index in [1.54, 1.807) is 6.92 Å². The van der Waals surface area contributed by atoms with E-state index in [-0.39, 0.29) is 24.7 Å². The fourth-order valence-electron chi connectivity index (χ4n) is 1.32. The van der Waals surface area contributed by atoms with Crippen LogP contribution in [-0.2, 0) is 0 Å². The number of halogens is 2. The Labute approximate surface area is 85.2 Å². The lowest BCUT2D eigenvalue weighted by molar-refractivity contribution is -0.0384. The molecule has 0 radical (unpaired) electrons. The molecule has 0 bridgehead atoms. The first-order chi connectivity index (χ1) is 7.06. The van der Waals surface area contributed by atoms with Crippen LogP contribution in [-0.4, -0.2) is 23.9 Å². The van der Waals surface area contributed by atoms with E-state index in [0.717, 1.165) is 12.1 Å². The third kappa shape index (κ3) is 1.63. The van der Waals surface area contributed by atoms with Gasteiger partial charge in [0.2, 0.25) is 5.75 Å². The highest BCUT2D eigenvalue weighted by Crippen LogP contribution is 2.39. The zero-order valence-electron chi connectivity index (χ0n) is 8.09. The zero-order chi connectivity index (χ0) is 11.1. The minimum absolute atomic E-state index is 0.0170. The summed E-state index contributed by atoms with van der Waals surface area (Å²) in [6, 6.07) is 1.93. The molecule has 0 fully saturated rings. The Morgan fingerprint density at radius 3 is 2.53 bits per heavy atom. The van der Waals surface area contributed by atoms with E-state index in [9.17, 15) is 8.78 Å². The molecule has 15 heavy (non-hydrogen) atoms. The summed E-state index contributed by atoms with van der Waals surface area (Å²) in [5, 5.41) is 9.01. The van der Waals surface area contributed by atoms with Gasteiger partial charge in [-0.3, -0.25) is 0 Å². The lowest BCUT2D eigenvalue weighted by atomic mass is 10.1. The number of aliphatic hydroxyl groups excluding tert-OH is 1. The quantitative estimate of drug-likeness (QED) is 0.772. The van der Waals surface area contributed by atoms with Crippen molar-refractivity contribution in [1.82, 2.24) is 0 Å². The summed E-state index contributed by atoms with van der Waals surface area (Å²) in [7, 11) is 0. The minimum atomic E-state index is -1.03. The second-order valence-corrected chi connectivity index (χ2v) is 3.69. The molecule has 0 aliphatic carbocycles.